The summed E-state index contributed by atoms with van der Waals surface area (Å²) in [7, 11) is 0. The van der Waals surface area contributed by atoms with Gasteiger partial charge in [0.05, 0.1) is 12.9 Å². The number of benzene rings is 1. The minimum absolute atomic E-state index is 0.0213. The second-order valence-electron chi connectivity index (χ2n) is 8.74. The number of carbonyl (C=O) groups is 1. The van der Waals surface area contributed by atoms with Crippen LogP contribution in [0.3, 0.4) is 0 Å². The number of aliphatic hydroxyl groups excluding tert-OH is 1. The lowest BCUT2D eigenvalue weighted by molar-refractivity contribution is 0.0531. The van der Waals surface area contributed by atoms with Gasteiger partial charge in [-0.2, -0.15) is 0 Å². The Hall–Kier alpha value is -3.20. The summed E-state index contributed by atoms with van der Waals surface area (Å²) in [4.78, 5) is 22.8. The summed E-state index contributed by atoms with van der Waals surface area (Å²) in [5.74, 6) is 1.87. The largest absolute Gasteiger partial charge is 0.489 e. The number of nitrogens with zero attached hydrogens (tertiary/aromatic N) is 3. The Bertz CT molecular complexity index is 929. The van der Waals surface area contributed by atoms with Gasteiger partial charge in [0, 0.05) is 37.0 Å². The number of unbranched alkanes of at least 4 members (excludes halogenated alkanes) is 1. The molecule has 0 fully saturated rings. The van der Waals surface area contributed by atoms with Gasteiger partial charge in [-0.25, -0.2) is 19.2 Å². The molecule has 0 saturated heterocycles. The summed E-state index contributed by atoms with van der Waals surface area (Å²) in [5.41, 5.74) is 0.445. The summed E-state index contributed by atoms with van der Waals surface area (Å²) < 4.78 is 24.0. The van der Waals surface area contributed by atoms with Crippen LogP contribution < -0.4 is 15.0 Å². The number of ether oxygens (including phenoxy) is 2. The number of aromatic nitrogens is 2. The van der Waals surface area contributed by atoms with E-state index in [1.54, 1.807) is 39.1 Å². The molecular weight excluding hydrogens is 439 g/mol. The van der Waals surface area contributed by atoms with Gasteiger partial charge in [0.2, 0.25) is 0 Å². The van der Waals surface area contributed by atoms with Crippen LogP contribution in [0.4, 0.5) is 15.0 Å². The fraction of sp³-hybridized carbons (Fsp3) is 0.480. The molecule has 8 nitrogen and oxygen atoms in total. The summed E-state index contributed by atoms with van der Waals surface area (Å²) in [6.45, 7) is 8.72. The number of alkyl carbamates (subject to hydrolysis) is 1. The Kier molecular flexibility index (Phi) is 10.7. The first-order chi connectivity index (χ1) is 16.3. The van der Waals surface area contributed by atoms with Crippen molar-refractivity contribution in [1.29, 1.82) is 0 Å². The van der Waals surface area contributed by atoms with E-state index in [0.29, 0.717) is 24.4 Å². The van der Waals surface area contributed by atoms with Gasteiger partial charge in [0.15, 0.2) is 5.82 Å². The number of anilines is 1. The van der Waals surface area contributed by atoms with Crippen molar-refractivity contribution in [2.24, 2.45) is 0 Å². The zero-order chi connectivity index (χ0) is 25.0. The van der Waals surface area contributed by atoms with E-state index in [2.05, 4.69) is 22.2 Å². The Balaban J connectivity index is 1.96. The van der Waals surface area contributed by atoms with E-state index in [0.717, 1.165) is 30.8 Å². The Labute approximate surface area is 200 Å². The molecule has 0 bridgehead atoms. The maximum atomic E-state index is 13.2. The molecule has 0 aliphatic rings. The van der Waals surface area contributed by atoms with Crippen LogP contribution in [0.2, 0.25) is 0 Å². The number of hydrogen-bond donors (Lipinski definition) is 2. The molecule has 1 amide bonds. The van der Waals surface area contributed by atoms with Crippen LogP contribution in [0.5, 0.6) is 5.75 Å². The highest BCUT2D eigenvalue weighted by Gasteiger charge is 2.16. The number of nitrogens with one attached hydrogen (secondary N) is 1. The van der Waals surface area contributed by atoms with Gasteiger partial charge in [0.25, 0.3) is 0 Å². The third-order valence-electron chi connectivity index (χ3n) is 4.67. The van der Waals surface area contributed by atoms with E-state index < -0.39 is 11.7 Å². The lowest BCUT2D eigenvalue weighted by atomic mass is 10.2. The van der Waals surface area contributed by atoms with E-state index in [1.165, 1.54) is 0 Å². The van der Waals surface area contributed by atoms with Gasteiger partial charge in [-0.3, -0.25) is 0 Å². The first-order valence-electron chi connectivity index (χ1n) is 11.4. The Morgan fingerprint density at radius 2 is 1.94 bits per heavy atom. The van der Waals surface area contributed by atoms with Crippen LogP contribution in [-0.2, 0) is 4.74 Å². The molecule has 9 heteroatoms. The molecule has 0 atom stereocenters. The Morgan fingerprint density at radius 1 is 1.21 bits per heavy atom. The minimum Gasteiger partial charge on any atom is -0.489 e. The predicted molar refractivity (Wildman–Crippen MR) is 131 cm³/mol. The van der Waals surface area contributed by atoms with Gasteiger partial charge < -0.3 is 24.8 Å². The molecule has 0 spiro atoms. The average molecular weight is 475 g/mol. The van der Waals surface area contributed by atoms with E-state index in [4.69, 9.17) is 9.47 Å². The smallest absolute Gasteiger partial charge is 0.407 e. The quantitative estimate of drug-likeness (QED) is 0.467. The standard InChI is InChI=1S/C25H35FN4O4/c1-5-6-13-30(14-15-31)22-11-12-27-23(29-22)20-7-9-21(10-8-20)33-18-19(16-26)17-28-24(32)34-25(2,3)4/h7-12,16,31H,5-6,13-15,17-18H2,1-4H3,(H,28,32)/b19-16+. The molecule has 1 heterocycles. The van der Waals surface area contributed by atoms with Crippen LogP contribution in [-0.4, -0.2) is 59.6 Å². The topological polar surface area (TPSA) is 96.8 Å². The van der Waals surface area contributed by atoms with Crippen LogP contribution in [0.15, 0.2) is 48.4 Å². The molecule has 1 aromatic heterocycles. The maximum Gasteiger partial charge on any atom is 0.407 e. The second kappa shape index (κ2) is 13.5. The van der Waals surface area contributed by atoms with Crippen molar-refractivity contribution in [1.82, 2.24) is 15.3 Å². The highest BCUT2D eigenvalue weighted by Crippen LogP contribution is 2.22. The average Bonchev–Trinajstić information content (AvgIpc) is 2.81. The van der Waals surface area contributed by atoms with Gasteiger partial charge in [-0.1, -0.05) is 13.3 Å². The number of carbonyl (C=O) groups excluding carboxylic acids is 1. The lowest BCUT2D eigenvalue weighted by Crippen LogP contribution is -2.34. The molecule has 186 valence electrons. The van der Waals surface area contributed by atoms with E-state index >= 15 is 0 Å². The molecule has 1 aromatic carbocycles. The minimum atomic E-state index is -0.627. The number of rotatable bonds is 12. The van der Waals surface area contributed by atoms with Gasteiger partial charge in [0.1, 0.15) is 23.8 Å². The molecule has 2 rings (SSSR count). The van der Waals surface area contributed by atoms with Crippen molar-refractivity contribution in [3.05, 3.63) is 48.4 Å². The monoisotopic (exact) mass is 474 g/mol. The molecular formula is C25H35FN4O4. The van der Waals surface area contributed by atoms with Crippen LogP contribution >= 0.6 is 0 Å². The van der Waals surface area contributed by atoms with Gasteiger partial charge in [-0.15, -0.1) is 0 Å². The van der Waals surface area contributed by atoms with Crippen LogP contribution in [0.1, 0.15) is 40.5 Å². The van der Waals surface area contributed by atoms with Crippen molar-refractivity contribution >= 4 is 11.9 Å². The van der Waals surface area contributed by atoms with Crippen LogP contribution in [0.25, 0.3) is 11.4 Å². The molecule has 2 aromatic rings. The van der Waals surface area contributed by atoms with Gasteiger partial charge >= 0.3 is 6.09 Å². The molecule has 34 heavy (non-hydrogen) atoms. The maximum absolute atomic E-state index is 13.2. The van der Waals surface area contributed by atoms with E-state index in [-0.39, 0.29) is 25.3 Å². The molecule has 0 unspecified atom stereocenters. The fourth-order valence-electron chi connectivity index (χ4n) is 2.97. The summed E-state index contributed by atoms with van der Waals surface area (Å²) in [6, 6.07) is 9.00. The number of hydrogen-bond acceptors (Lipinski definition) is 7. The van der Waals surface area contributed by atoms with Crippen molar-refractivity contribution < 1.29 is 23.8 Å². The molecule has 2 N–H and O–H groups in total. The Morgan fingerprint density at radius 3 is 2.56 bits per heavy atom. The first-order valence-corrected chi connectivity index (χ1v) is 11.4. The fourth-order valence-corrected chi connectivity index (χ4v) is 2.97. The van der Waals surface area contributed by atoms with Crippen molar-refractivity contribution in [2.45, 2.75) is 46.1 Å². The predicted octanol–water partition coefficient (Wildman–Crippen LogP) is 4.50. The molecule has 0 saturated carbocycles. The van der Waals surface area contributed by atoms with Crippen molar-refractivity contribution in [3.63, 3.8) is 0 Å². The SMILES string of the molecule is CCCCN(CCO)c1ccnc(-c2ccc(OC/C(=C/F)CNC(=O)OC(C)(C)C)cc2)n1. The van der Waals surface area contributed by atoms with Gasteiger partial charge in [-0.05, 0) is 57.5 Å². The summed E-state index contributed by atoms with van der Waals surface area (Å²) in [5, 5.41) is 11.9. The third kappa shape index (κ3) is 9.35. The van der Waals surface area contributed by atoms with Crippen LogP contribution in [0, 0.1) is 0 Å². The number of halogens is 1. The van der Waals surface area contributed by atoms with Crippen molar-refractivity contribution in [3.8, 4) is 17.1 Å². The number of amides is 1. The third-order valence-corrected chi connectivity index (χ3v) is 4.67. The molecule has 0 aliphatic carbocycles. The van der Waals surface area contributed by atoms with E-state index in [9.17, 15) is 14.3 Å². The zero-order valence-electron chi connectivity index (χ0n) is 20.4. The van der Waals surface area contributed by atoms with Crippen molar-refractivity contribution in [2.75, 3.05) is 37.7 Å². The summed E-state index contributed by atoms with van der Waals surface area (Å²) in [6.07, 6.45) is 3.56. The molecule has 0 aliphatic heterocycles. The molecule has 0 radical (unpaired) electrons. The highest BCUT2D eigenvalue weighted by molar-refractivity contribution is 5.68. The van der Waals surface area contributed by atoms with E-state index in [1.807, 2.05) is 23.1 Å². The zero-order valence-corrected chi connectivity index (χ0v) is 20.4. The summed E-state index contributed by atoms with van der Waals surface area (Å²) >= 11 is 0. The first kappa shape index (κ1) is 27.0. The second-order valence-corrected chi connectivity index (χ2v) is 8.74. The number of aliphatic hydroxyl groups is 1. The lowest BCUT2D eigenvalue weighted by Gasteiger charge is -2.22. The normalized spacial score (nSPS) is 11.8. The highest BCUT2D eigenvalue weighted by atomic mass is 19.1.